The van der Waals surface area contributed by atoms with Crippen LogP contribution in [-0.2, 0) is 13.1 Å². The van der Waals surface area contributed by atoms with E-state index in [-0.39, 0.29) is 0 Å². The van der Waals surface area contributed by atoms with Gasteiger partial charge in [-0.1, -0.05) is 0 Å². The Balaban J connectivity index is 1.52. The van der Waals surface area contributed by atoms with Crippen LogP contribution >= 0.6 is 0 Å². The Morgan fingerprint density at radius 2 is 1.88 bits per heavy atom. The molecule has 126 valence electrons. The predicted octanol–water partition coefficient (Wildman–Crippen LogP) is 1.52. The molecule has 7 heteroatoms. The molecule has 1 fully saturated rings. The van der Waals surface area contributed by atoms with E-state index >= 15 is 0 Å². The maximum atomic E-state index is 5.29. The highest BCUT2D eigenvalue weighted by Crippen LogP contribution is 2.29. The van der Waals surface area contributed by atoms with E-state index in [1.165, 1.54) is 5.56 Å². The largest absolute Gasteiger partial charge is 0.497 e. The first-order valence-electron chi connectivity index (χ1n) is 8.05. The van der Waals surface area contributed by atoms with Gasteiger partial charge in [-0.15, -0.1) is 0 Å². The average molecular weight is 327 g/mol. The average Bonchev–Trinajstić information content (AvgIpc) is 2.95. The quantitative estimate of drug-likeness (QED) is 0.863. The van der Waals surface area contributed by atoms with E-state index in [9.17, 15) is 0 Å². The number of nitrogens with one attached hydrogen (secondary N) is 2. The molecule has 2 aliphatic heterocycles. The van der Waals surface area contributed by atoms with Gasteiger partial charge in [-0.05, 0) is 0 Å². The molecule has 1 saturated heterocycles. The van der Waals surface area contributed by atoms with Crippen molar-refractivity contribution in [2.75, 3.05) is 32.6 Å². The summed E-state index contributed by atoms with van der Waals surface area (Å²) in [5.41, 5.74) is 3.16. The third-order valence-electron chi connectivity index (χ3n) is 4.56. The van der Waals surface area contributed by atoms with Gasteiger partial charge < -0.3 is 20.1 Å². The van der Waals surface area contributed by atoms with E-state index in [1.54, 1.807) is 14.2 Å². The maximum Gasteiger partial charge on any atom is 0.227 e. The van der Waals surface area contributed by atoms with Crippen molar-refractivity contribution in [1.29, 1.82) is 0 Å². The Labute approximate surface area is 141 Å². The fourth-order valence-electron chi connectivity index (χ4n) is 3.04. The fraction of sp³-hybridized carbons (Fsp3) is 0.412. The van der Waals surface area contributed by atoms with Crippen LogP contribution in [0.2, 0.25) is 0 Å². The maximum absolute atomic E-state index is 5.29. The molecule has 0 spiro atoms. The van der Waals surface area contributed by atoms with Crippen LogP contribution in [0.15, 0.2) is 24.4 Å². The van der Waals surface area contributed by atoms with Crippen LogP contribution in [0, 0.1) is 0 Å². The van der Waals surface area contributed by atoms with Gasteiger partial charge in [0.2, 0.25) is 5.95 Å². The van der Waals surface area contributed by atoms with Gasteiger partial charge in [-0.2, -0.15) is 0 Å². The fourth-order valence-corrected chi connectivity index (χ4v) is 3.04. The van der Waals surface area contributed by atoms with Gasteiger partial charge in [0.15, 0.2) is 0 Å². The summed E-state index contributed by atoms with van der Waals surface area (Å²) in [5.74, 6) is 2.04. The van der Waals surface area contributed by atoms with Gasteiger partial charge in [0.25, 0.3) is 0 Å². The summed E-state index contributed by atoms with van der Waals surface area (Å²) in [6.07, 6.45) is 1.92. The SMILES string of the molecule is COc1cc(Nc2ncc3c(n2)CN(C2CNC2)C3)cc(OC)c1. The number of anilines is 2. The zero-order chi connectivity index (χ0) is 16.5. The van der Waals surface area contributed by atoms with E-state index in [4.69, 9.17) is 9.47 Å². The Morgan fingerprint density at radius 1 is 1.12 bits per heavy atom. The number of aromatic nitrogens is 2. The molecule has 0 radical (unpaired) electrons. The Hall–Kier alpha value is -2.38. The van der Waals surface area contributed by atoms with E-state index in [0.717, 1.165) is 49.1 Å². The summed E-state index contributed by atoms with van der Waals surface area (Å²) >= 11 is 0. The number of benzene rings is 1. The lowest BCUT2D eigenvalue weighted by Crippen LogP contribution is -2.55. The molecular weight excluding hydrogens is 306 g/mol. The molecule has 0 unspecified atom stereocenters. The number of hydrogen-bond donors (Lipinski definition) is 2. The van der Waals surface area contributed by atoms with E-state index in [1.807, 2.05) is 24.4 Å². The molecule has 0 bridgehead atoms. The summed E-state index contributed by atoms with van der Waals surface area (Å²) in [6.45, 7) is 3.96. The molecule has 4 rings (SSSR count). The number of ether oxygens (including phenoxy) is 2. The highest BCUT2D eigenvalue weighted by molar-refractivity contribution is 5.59. The lowest BCUT2D eigenvalue weighted by atomic mass is 10.1. The minimum atomic E-state index is 0.595. The van der Waals surface area contributed by atoms with Gasteiger partial charge in [0.1, 0.15) is 11.5 Å². The number of rotatable bonds is 5. The molecule has 0 atom stereocenters. The summed E-state index contributed by atoms with van der Waals surface area (Å²) in [6, 6.07) is 6.24. The van der Waals surface area contributed by atoms with Crippen molar-refractivity contribution in [1.82, 2.24) is 20.2 Å². The van der Waals surface area contributed by atoms with Crippen LogP contribution in [0.25, 0.3) is 0 Å². The molecule has 0 saturated carbocycles. The smallest absolute Gasteiger partial charge is 0.227 e. The molecule has 2 aromatic rings. The van der Waals surface area contributed by atoms with E-state index in [0.29, 0.717) is 12.0 Å². The minimum absolute atomic E-state index is 0.595. The standard InChI is InChI=1S/C17H21N5O2/c1-23-14-3-12(4-15(5-14)24-2)20-17-19-6-11-9-22(10-16(11)21-17)13-7-18-8-13/h3-6,13,18H,7-10H2,1-2H3,(H,19,20,21). The van der Waals surface area contributed by atoms with Crippen LogP contribution in [0.4, 0.5) is 11.6 Å². The van der Waals surface area contributed by atoms with Crippen molar-refractivity contribution in [2.24, 2.45) is 0 Å². The first-order valence-corrected chi connectivity index (χ1v) is 8.05. The van der Waals surface area contributed by atoms with Crippen LogP contribution in [0.3, 0.4) is 0 Å². The van der Waals surface area contributed by atoms with Gasteiger partial charge in [-0.25, -0.2) is 9.97 Å². The zero-order valence-corrected chi connectivity index (χ0v) is 13.9. The van der Waals surface area contributed by atoms with Crippen molar-refractivity contribution in [2.45, 2.75) is 19.1 Å². The van der Waals surface area contributed by atoms with Crippen LogP contribution < -0.4 is 20.1 Å². The van der Waals surface area contributed by atoms with Crippen molar-refractivity contribution in [3.05, 3.63) is 35.7 Å². The lowest BCUT2D eigenvalue weighted by molar-refractivity contribution is 0.145. The normalized spacial score (nSPS) is 17.2. The van der Waals surface area contributed by atoms with Crippen molar-refractivity contribution in [3.63, 3.8) is 0 Å². The topological polar surface area (TPSA) is 71.5 Å². The van der Waals surface area contributed by atoms with Crippen LogP contribution in [0.1, 0.15) is 11.3 Å². The Bertz CT molecular complexity index is 726. The van der Waals surface area contributed by atoms with Crippen molar-refractivity contribution >= 4 is 11.6 Å². The van der Waals surface area contributed by atoms with Crippen LogP contribution in [0.5, 0.6) is 11.5 Å². The van der Waals surface area contributed by atoms with Gasteiger partial charge in [-0.3, -0.25) is 4.90 Å². The molecule has 2 N–H and O–H groups in total. The molecule has 7 nitrogen and oxygen atoms in total. The predicted molar refractivity (Wildman–Crippen MR) is 90.8 cm³/mol. The lowest BCUT2D eigenvalue weighted by Gasteiger charge is -2.35. The molecular formula is C17H21N5O2. The highest BCUT2D eigenvalue weighted by Gasteiger charge is 2.30. The zero-order valence-electron chi connectivity index (χ0n) is 13.9. The van der Waals surface area contributed by atoms with Crippen molar-refractivity contribution < 1.29 is 9.47 Å². The number of fused-ring (bicyclic) bond motifs is 1. The summed E-state index contributed by atoms with van der Waals surface area (Å²) in [7, 11) is 3.27. The summed E-state index contributed by atoms with van der Waals surface area (Å²) < 4.78 is 10.6. The molecule has 1 aromatic heterocycles. The highest BCUT2D eigenvalue weighted by atomic mass is 16.5. The minimum Gasteiger partial charge on any atom is -0.497 e. The van der Waals surface area contributed by atoms with E-state index < -0.39 is 0 Å². The second-order valence-electron chi connectivity index (χ2n) is 6.11. The summed E-state index contributed by atoms with van der Waals surface area (Å²) in [4.78, 5) is 11.6. The van der Waals surface area contributed by atoms with Crippen molar-refractivity contribution in [3.8, 4) is 11.5 Å². The Kier molecular flexibility index (Phi) is 3.95. The molecule has 0 aliphatic carbocycles. The molecule has 3 heterocycles. The van der Waals surface area contributed by atoms with Gasteiger partial charge >= 0.3 is 0 Å². The molecule has 0 amide bonds. The molecule has 1 aromatic carbocycles. The van der Waals surface area contributed by atoms with Gasteiger partial charge in [0.05, 0.1) is 19.9 Å². The second-order valence-corrected chi connectivity index (χ2v) is 6.11. The van der Waals surface area contributed by atoms with Crippen LogP contribution in [-0.4, -0.2) is 48.2 Å². The van der Waals surface area contributed by atoms with E-state index in [2.05, 4.69) is 25.5 Å². The van der Waals surface area contributed by atoms with Gasteiger partial charge in [0, 0.05) is 67.9 Å². The monoisotopic (exact) mass is 327 g/mol. The number of hydrogen-bond acceptors (Lipinski definition) is 7. The third kappa shape index (κ3) is 2.88. The number of nitrogens with zero attached hydrogens (tertiary/aromatic N) is 3. The Morgan fingerprint density at radius 3 is 2.50 bits per heavy atom. The first-order chi connectivity index (χ1) is 11.7. The second kappa shape index (κ2) is 6.26. The molecule has 24 heavy (non-hydrogen) atoms. The first kappa shape index (κ1) is 15.2. The summed E-state index contributed by atoms with van der Waals surface area (Å²) in [5, 5.41) is 6.56. The third-order valence-corrected chi connectivity index (χ3v) is 4.56. The number of methoxy groups -OCH3 is 2. The molecule has 2 aliphatic rings.